The first-order chi connectivity index (χ1) is 13.4. The van der Waals surface area contributed by atoms with E-state index < -0.39 is 27.0 Å². The van der Waals surface area contributed by atoms with Crippen LogP contribution < -0.4 is 0 Å². The molecule has 0 saturated carbocycles. The van der Waals surface area contributed by atoms with Crippen LogP contribution in [0.4, 0.5) is 0 Å². The Balaban J connectivity index is 2.63. The van der Waals surface area contributed by atoms with Crippen LogP contribution in [-0.2, 0) is 25.0 Å². The van der Waals surface area contributed by atoms with Crippen LogP contribution in [0.1, 0.15) is 58.6 Å². The van der Waals surface area contributed by atoms with Gasteiger partial charge in [0.05, 0.1) is 12.7 Å². The second kappa shape index (κ2) is 12.0. The van der Waals surface area contributed by atoms with Gasteiger partial charge in [-0.3, -0.25) is 9.13 Å². The maximum absolute atomic E-state index is 12.7. The SMILES string of the molecule is CC(C)=CCCC(C)=Cc1ccc(COCP(=O)(CP(=O)(O)O)OC(C)C)cc1. The van der Waals surface area contributed by atoms with E-state index in [0.29, 0.717) is 0 Å². The van der Waals surface area contributed by atoms with Crippen molar-refractivity contribution in [2.45, 2.75) is 60.2 Å². The largest absolute Gasteiger partial charge is 0.367 e. The van der Waals surface area contributed by atoms with Crippen molar-refractivity contribution in [2.75, 3.05) is 12.3 Å². The minimum Gasteiger partial charge on any atom is -0.367 e. The van der Waals surface area contributed by atoms with Crippen molar-refractivity contribution in [1.29, 1.82) is 0 Å². The molecule has 0 radical (unpaired) electrons. The van der Waals surface area contributed by atoms with Crippen molar-refractivity contribution in [3.8, 4) is 0 Å². The molecule has 0 spiro atoms. The Hall–Kier alpha value is -1.00. The van der Waals surface area contributed by atoms with Gasteiger partial charge in [0, 0.05) is 0 Å². The monoisotopic (exact) mass is 444 g/mol. The van der Waals surface area contributed by atoms with Crippen molar-refractivity contribution < 1.29 is 28.2 Å². The highest BCUT2D eigenvalue weighted by atomic mass is 31.2. The van der Waals surface area contributed by atoms with E-state index in [4.69, 9.17) is 19.0 Å². The number of hydrogen-bond acceptors (Lipinski definition) is 4. The first kappa shape index (κ1) is 26.0. The molecule has 2 N–H and O–H groups in total. The van der Waals surface area contributed by atoms with Gasteiger partial charge in [-0.2, -0.15) is 0 Å². The molecule has 164 valence electrons. The van der Waals surface area contributed by atoms with Crippen LogP contribution in [0.25, 0.3) is 6.08 Å². The van der Waals surface area contributed by atoms with Crippen LogP contribution in [0.2, 0.25) is 0 Å². The number of hydrogen-bond donors (Lipinski definition) is 2. The van der Waals surface area contributed by atoms with E-state index in [1.807, 2.05) is 24.3 Å². The Bertz CT molecular complexity index is 786. The lowest BCUT2D eigenvalue weighted by Crippen LogP contribution is -2.09. The third kappa shape index (κ3) is 12.3. The first-order valence-corrected chi connectivity index (χ1v) is 13.5. The van der Waals surface area contributed by atoms with Crippen LogP contribution in [0.5, 0.6) is 0 Å². The molecular weight excluding hydrogens is 410 g/mol. The molecule has 6 nitrogen and oxygen atoms in total. The minimum absolute atomic E-state index is 0.191. The lowest BCUT2D eigenvalue weighted by atomic mass is 10.1. The van der Waals surface area contributed by atoms with E-state index >= 15 is 0 Å². The Morgan fingerprint density at radius 3 is 2.24 bits per heavy atom. The zero-order chi connectivity index (χ0) is 22.1. The molecule has 0 aliphatic heterocycles. The number of allylic oxidation sites excluding steroid dienone is 3. The van der Waals surface area contributed by atoms with Gasteiger partial charge in [0.1, 0.15) is 12.3 Å². The number of rotatable bonds is 12. The summed E-state index contributed by atoms with van der Waals surface area (Å²) >= 11 is 0. The molecule has 0 aromatic heterocycles. The molecule has 1 aromatic carbocycles. The minimum atomic E-state index is -4.47. The van der Waals surface area contributed by atoms with Gasteiger partial charge in [0.25, 0.3) is 0 Å². The molecule has 8 heteroatoms. The maximum Gasteiger partial charge on any atom is 0.335 e. The fraction of sp³-hybridized carbons (Fsp3) is 0.524. The summed E-state index contributed by atoms with van der Waals surface area (Å²) in [6, 6.07) is 7.82. The lowest BCUT2D eigenvalue weighted by molar-refractivity contribution is 0.141. The molecule has 1 aromatic rings. The van der Waals surface area contributed by atoms with Gasteiger partial charge in [-0.25, -0.2) is 0 Å². The smallest absolute Gasteiger partial charge is 0.335 e. The van der Waals surface area contributed by atoms with Gasteiger partial charge in [-0.15, -0.1) is 0 Å². The Morgan fingerprint density at radius 2 is 1.72 bits per heavy atom. The van der Waals surface area contributed by atoms with Crippen LogP contribution in [0.15, 0.2) is 41.5 Å². The molecule has 0 saturated heterocycles. The van der Waals surface area contributed by atoms with Gasteiger partial charge in [-0.05, 0) is 58.6 Å². The van der Waals surface area contributed by atoms with Crippen LogP contribution in [0.3, 0.4) is 0 Å². The van der Waals surface area contributed by atoms with Gasteiger partial charge >= 0.3 is 7.60 Å². The topological polar surface area (TPSA) is 93.1 Å². The Morgan fingerprint density at radius 1 is 1.10 bits per heavy atom. The highest BCUT2D eigenvalue weighted by Gasteiger charge is 2.34. The molecule has 1 rings (SSSR count). The summed E-state index contributed by atoms with van der Waals surface area (Å²) < 4.78 is 34.7. The standard InChI is InChI=1S/C21H34O6P2/c1-17(2)7-6-8-19(5)13-20-9-11-21(12-10-20)14-26-15-28(22,27-18(3)4)16-29(23,24)25/h7,9-13,18H,6,8,14-16H2,1-5H3,(H2,23,24,25). The van der Waals surface area contributed by atoms with E-state index in [2.05, 4.69) is 32.9 Å². The van der Waals surface area contributed by atoms with Crippen molar-refractivity contribution in [3.05, 3.63) is 52.6 Å². The van der Waals surface area contributed by atoms with Crippen molar-refractivity contribution >= 4 is 21.0 Å². The number of ether oxygens (including phenoxy) is 1. The summed E-state index contributed by atoms with van der Waals surface area (Å²) in [6.07, 6.45) is 5.67. The quantitative estimate of drug-likeness (QED) is 0.297. The summed E-state index contributed by atoms with van der Waals surface area (Å²) in [5, 5.41) is 0. The first-order valence-electron chi connectivity index (χ1n) is 9.67. The third-order valence-corrected chi connectivity index (χ3v) is 8.42. The fourth-order valence-corrected chi connectivity index (χ4v) is 6.76. The van der Waals surface area contributed by atoms with Crippen molar-refractivity contribution in [2.24, 2.45) is 0 Å². The van der Waals surface area contributed by atoms with E-state index in [1.54, 1.807) is 13.8 Å². The molecule has 0 amide bonds. The highest BCUT2D eigenvalue weighted by Crippen LogP contribution is 2.58. The zero-order valence-electron chi connectivity index (χ0n) is 18.0. The zero-order valence-corrected chi connectivity index (χ0v) is 19.8. The normalized spacial score (nSPS) is 14.7. The van der Waals surface area contributed by atoms with Gasteiger partial charge in [-0.1, -0.05) is 47.6 Å². The van der Waals surface area contributed by atoms with E-state index in [9.17, 15) is 9.13 Å². The Kier molecular flexibility index (Phi) is 10.8. The predicted octanol–water partition coefficient (Wildman–Crippen LogP) is 6.15. The average Bonchev–Trinajstić information content (AvgIpc) is 2.53. The van der Waals surface area contributed by atoms with Gasteiger partial charge in [0.2, 0.25) is 7.37 Å². The second-order valence-electron chi connectivity index (χ2n) is 7.80. The lowest BCUT2D eigenvalue weighted by Gasteiger charge is -2.21. The molecule has 1 unspecified atom stereocenters. The summed E-state index contributed by atoms with van der Waals surface area (Å²) in [5.41, 5.74) is 4.61. The van der Waals surface area contributed by atoms with Crippen LogP contribution >= 0.6 is 15.0 Å². The molecule has 0 bridgehead atoms. The second-order valence-corrected chi connectivity index (χ2v) is 12.4. The van der Waals surface area contributed by atoms with Crippen molar-refractivity contribution in [1.82, 2.24) is 0 Å². The molecular formula is C21H34O6P2. The summed E-state index contributed by atoms with van der Waals surface area (Å²) in [4.78, 5) is 18.3. The molecule has 0 heterocycles. The average molecular weight is 444 g/mol. The van der Waals surface area contributed by atoms with E-state index in [-0.39, 0.29) is 13.0 Å². The van der Waals surface area contributed by atoms with Crippen molar-refractivity contribution in [3.63, 3.8) is 0 Å². The van der Waals surface area contributed by atoms with Crippen LogP contribution in [-0.4, -0.2) is 28.1 Å². The maximum atomic E-state index is 12.7. The molecule has 0 fully saturated rings. The molecule has 0 aliphatic rings. The van der Waals surface area contributed by atoms with Crippen LogP contribution in [0, 0.1) is 0 Å². The Labute approximate surface area is 174 Å². The third-order valence-electron chi connectivity index (χ3n) is 3.84. The predicted molar refractivity (Wildman–Crippen MR) is 119 cm³/mol. The summed E-state index contributed by atoms with van der Waals surface area (Å²) in [6.45, 7) is 9.83. The molecule has 1 atom stereocenters. The van der Waals surface area contributed by atoms with Gasteiger partial charge in [0.15, 0.2) is 0 Å². The number of benzene rings is 1. The fourth-order valence-electron chi connectivity index (χ4n) is 2.73. The highest BCUT2D eigenvalue weighted by molar-refractivity contribution is 7.73. The molecule has 29 heavy (non-hydrogen) atoms. The van der Waals surface area contributed by atoms with E-state index in [1.165, 1.54) is 11.1 Å². The summed E-state index contributed by atoms with van der Waals surface area (Å²) in [7, 11) is -8.05. The van der Waals surface area contributed by atoms with E-state index in [0.717, 1.165) is 24.0 Å². The van der Waals surface area contributed by atoms with Gasteiger partial charge < -0.3 is 19.0 Å². The summed E-state index contributed by atoms with van der Waals surface area (Å²) in [5.74, 6) is -0.812. The molecule has 0 aliphatic carbocycles.